The molecule has 124 valence electrons. The number of anilines is 1. The quantitative estimate of drug-likeness (QED) is 0.874. The van der Waals surface area contributed by atoms with Crippen LogP contribution in [0, 0.1) is 5.82 Å². The first-order valence-corrected chi connectivity index (χ1v) is 7.86. The molecule has 3 rings (SSSR count). The lowest BCUT2D eigenvalue weighted by Crippen LogP contribution is -2.29. The van der Waals surface area contributed by atoms with E-state index in [0.29, 0.717) is 12.1 Å². The third-order valence-corrected chi connectivity index (χ3v) is 3.63. The number of carbonyl (C=O) groups excluding carboxylic acids is 1. The minimum absolute atomic E-state index is 0. The number of halogens is 1. The highest BCUT2D eigenvalue weighted by atomic mass is 19.1. The van der Waals surface area contributed by atoms with Gasteiger partial charge in [0.05, 0.1) is 5.69 Å². The zero-order valence-corrected chi connectivity index (χ0v) is 13.1. The molecular weight excluding hydrogens is 293 g/mol. The maximum absolute atomic E-state index is 12.2. The number of hydrogen-bond donors (Lipinski definition) is 1. The summed E-state index contributed by atoms with van der Waals surface area (Å²) in [6.07, 6.45) is 6.53. The lowest BCUT2D eigenvalue weighted by Gasteiger charge is -2.25. The summed E-state index contributed by atoms with van der Waals surface area (Å²) >= 11 is 0. The van der Waals surface area contributed by atoms with E-state index in [9.17, 15) is 9.18 Å². The van der Waals surface area contributed by atoms with Crippen molar-refractivity contribution in [2.75, 3.05) is 18.4 Å². The summed E-state index contributed by atoms with van der Waals surface area (Å²) in [5.74, 6) is -0.309. The molecule has 0 radical (unpaired) electrons. The van der Waals surface area contributed by atoms with Crippen molar-refractivity contribution in [3.05, 3.63) is 60.2 Å². The summed E-state index contributed by atoms with van der Waals surface area (Å²) in [5.41, 5.74) is 1.79. The van der Waals surface area contributed by atoms with Gasteiger partial charge in [-0.25, -0.2) is 4.39 Å². The Balaban J connectivity index is 0.000000238. The molecule has 0 spiro atoms. The van der Waals surface area contributed by atoms with Gasteiger partial charge < -0.3 is 5.32 Å². The van der Waals surface area contributed by atoms with Crippen molar-refractivity contribution in [1.82, 2.24) is 9.88 Å². The maximum atomic E-state index is 12.2. The Morgan fingerprint density at radius 1 is 1.13 bits per heavy atom. The molecule has 1 aromatic carbocycles. The van der Waals surface area contributed by atoms with E-state index >= 15 is 0 Å². The Bertz CT molecular complexity index is 575. The van der Waals surface area contributed by atoms with Crippen LogP contribution in [0.4, 0.5) is 10.1 Å². The third kappa shape index (κ3) is 6.57. The van der Waals surface area contributed by atoms with Gasteiger partial charge in [-0.1, -0.05) is 12.5 Å². The highest BCUT2D eigenvalue weighted by Gasteiger charge is 2.10. The zero-order valence-electron chi connectivity index (χ0n) is 13.1. The molecule has 5 heteroatoms. The number of rotatable bonds is 4. The van der Waals surface area contributed by atoms with Crippen LogP contribution in [0.5, 0.6) is 0 Å². The molecule has 1 N–H and O–H groups in total. The number of likely N-dealkylation sites (tertiary alicyclic amines) is 1. The SMILES string of the molecule is O=CNc1ccc(F)cc1.[HH].c1ccc(CN2CCCCC2)nc1. The second-order valence-corrected chi connectivity index (χ2v) is 5.43. The van der Waals surface area contributed by atoms with Gasteiger partial charge in [-0.05, 0) is 62.3 Å². The van der Waals surface area contributed by atoms with Gasteiger partial charge in [0.25, 0.3) is 0 Å². The van der Waals surface area contributed by atoms with Gasteiger partial charge in [-0.15, -0.1) is 0 Å². The summed E-state index contributed by atoms with van der Waals surface area (Å²) in [6, 6.07) is 11.7. The number of carbonyl (C=O) groups is 1. The molecule has 2 aromatic rings. The molecule has 4 nitrogen and oxygen atoms in total. The van der Waals surface area contributed by atoms with Crippen molar-refractivity contribution < 1.29 is 10.6 Å². The summed E-state index contributed by atoms with van der Waals surface area (Å²) < 4.78 is 12.2. The molecule has 1 saturated heterocycles. The predicted octanol–water partition coefficient (Wildman–Crippen LogP) is 3.71. The number of nitrogens with zero attached hydrogens (tertiary/aromatic N) is 2. The van der Waals surface area contributed by atoms with Crippen LogP contribution in [0.2, 0.25) is 0 Å². The zero-order chi connectivity index (χ0) is 16.3. The number of hydrogen-bond acceptors (Lipinski definition) is 3. The van der Waals surface area contributed by atoms with Gasteiger partial charge in [0.15, 0.2) is 0 Å². The van der Waals surface area contributed by atoms with E-state index in [1.54, 1.807) is 0 Å². The predicted molar refractivity (Wildman–Crippen MR) is 91.6 cm³/mol. The van der Waals surface area contributed by atoms with Gasteiger partial charge in [0.1, 0.15) is 5.82 Å². The van der Waals surface area contributed by atoms with Gasteiger partial charge in [0, 0.05) is 19.9 Å². The van der Waals surface area contributed by atoms with E-state index in [-0.39, 0.29) is 7.24 Å². The van der Waals surface area contributed by atoms with Gasteiger partial charge >= 0.3 is 0 Å². The Morgan fingerprint density at radius 2 is 1.87 bits per heavy atom. The van der Waals surface area contributed by atoms with Crippen molar-refractivity contribution in [3.8, 4) is 0 Å². The van der Waals surface area contributed by atoms with E-state index in [1.807, 2.05) is 12.3 Å². The number of benzene rings is 1. The normalized spacial score (nSPS) is 14.5. The minimum atomic E-state index is -0.309. The molecule has 23 heavy (non-hydrogen) atoms. The number of nitrogens with one attached hydrogen (secondary N) is 1. The van der Waals surface area contributed by atoms with Gasteiger partial charge in [-0.2, -0.15) is 0 Å². The standard InChI is InChI=1S/C11H16N2.C7H6FNO.H2/c1-4-8-13(9-5-1)10-11-6-2-3-7-12-11;8-6-1-3-7(4-2-6)9-5-10;/h2-3,6-7H,1,4-5,8-10H2;1-5H,(H,9,10);1H. The smallest absolute Gasteiger partial charge is 0.211 e. The lowest BCUT2D eigenvalue weighted by atomic mass is 10.1. The monoisotopic (exact) mass is 317 g/mol. The van der Waals surface area contributed by atoms with Crippen LogP contribution in [0.15, 0.2) is 48.7 Å². The number of piperidine rings is 1. The Kier molecular flexibility index (Phi) is 7.20. The van der Waals surface area contributed by atoms with Crippen molar-refractivity contribution >= 4 is 12.1 Å². The van der Waals surface area contributed by atoms with Crippen molar-refractivity contribution in [2.24, 2.45) is 0 Å². The Labute approximate surface area is 137 Å². The topological polar surface area (TPSA) is 45.2 Å². The van der Waals surface area contributed by atoms with E-state index in [2.05, 4.69) is 27.3 Å². The summed E-state index contributed by atoms with van der Waals surface area (Å²) in [4.78, 5) is 16.7. The molecule has 0 bridgehead atoms. The molecule has 0 aliphatic carbocycles. The van der Waals surface area contributed by atoms with E-state index in [0.717, 1.165) is 6.54 Å². The van der Waals surface area contributed by atoms with Crippen molar-refractivity contribution in [1.29, 1.82) is 0 Å². The Hall–Kier alpha value is -2.27. The molecule has 1 aliphatic rings. The second-order valence-electron chi connectivity index (χ2n) is 5.43. The van der Waals surface area contributed by atoms with Crippen LogP contribution >= 0.6 is 0 Å². The molecule has 2 heterocycles. The molecule has 0 saturated carbocycles. The Morgan fingerprint density at radius 3 is 2.48 bits per heavy atom. The molecule has 1 amide bonds. The molecule has 0 unspecified atom stereocenters. The summed E-state index contributed by atoms with van der Waals surface area (Å²) in [5, 5.41) is 2.39. The lowest BCUT2D eigenvalue weighted by molar-refractivity contribution is -0.105. The average Bonchev–Trinajstić information content (AvgIpc) is 2.60. The second kappa shape index (κ2) is 9.69. The van der Waals surface area contributed by atoms with E-state index in [4.69, 9.17) is 0 Å². The third-order valence-electron chi connectivity index (χ3n) is 3.63. The van der Waals surface area contributed by atoms with Crippen LogP contribution in [0.1, 0.15) is 26.4 Å². The molecule has 0 atom stereocenters. The first-order chi connectivity index (χ1) is 11.3. The number of amides is 1. The number of aromatic nitrogens is 1. The fraction of sp³-hybridized carbons (Fsp3) is 0.333. The van der Waals surface area contributed by atoms with Crippen molar-refractivity contribution in [3.63, 3.8) is 0 Å². The van der Waals surface area contributed by atoms with Crippen LogP contribution < -0.4 is 5.32 Å². The molecule has 1 aliphatic heterocycles. The van der Waals surface area contributed by atoms with Gasteiger partial charge in [0.2, 0.25) is 6.41 Å². The largest absolute Gasteiger partial charge is 0.329 e. The summed E-state index contributed by atoms with van der Waals surface area (Å²) in [7, 11) is 0. The van der Waals surface area contributed by atoms with E-state index < -0.39 is 0 Å². The van der Waals surface area contributed by atoms with Gasteiger partial charge in [-0.3, -0.25) is 14.7 Å². The first kappa shape index (κ1) is 17.1. The van der Waals surface area contributed by atoms with Crippen molar-refractivity contribution in [2.45, 2.75) is 25.8 Å². The van der Waals surface area contributed by atoms with Crippen LogP contribution in [-0.4, -0.2) is 29.4 Å². The van der Waals surface area contributed by atoms with Crippen LogP contribution in [0.3, 0.4) is 0 Å². The molecule has 1 fully saturated rings. The average molecular weight is 317 g/mol. The molecular formula is C18H24FN3O. The highest BCUT2D eigenvalue weighted by molar-refractivity contribution is 5.70. The van der Waals surface area contributed by atoms with Crippen LogP contribution in [0.25, 0.3) is 0 Å². The molecule has 1 aromatic heterocycles. The summed E-state index contributed by atoms with van der Waals surface area (Å²) in [6.45, 7) is 3.52. The minimum Gasteiger partial charge on any atom is -0.329 e. The fourth-order valence-corrected chi connectivity index (χ4v) is 2.45. The number of pyridine rings is 1. The maximum Gasteiger partial charge on any atom is 0.211 e. The van der Waals surface area contributed by atoms with E-state index in [1.165, 1.54) is 62.3 Å². The fourth-order valence-electron chi connectivity index (χ4n) is 2.45. The first-order valence-electron chi connectivity index (χ1n) is 7.86. The van der Waals surface area contributed by atoms with Crippen LogP contribution in [-0.2, 0) is 11.3 Å². The highest BCUT2D eigenvalue weighted by Crippen LogP contribution is 2.11.